The first-order valence-corrected chi connectivity index (χ1v) is 6.38. The van der Waals surface area contributed by atoms with Gasteiger partial charge in [-0.2, -0.15) is 0 Å². The van der Waals surface area contributed by atoms with E-state index in [1.165, 1.54) is 0 Å². The van der Waals surface area contributed by atoms with Crippen LogP contribution in [0, 0.1) is 0 Å². The van der Waals surface area contributed by atoms with Crippen molar-refractivity contribution in [3.8, 4) is 0 Å². The number of aryl methyl sites for hydroxylation is 1. The van der Waals surface area contributed by atoms with E-state index in [0.717, 1.165) is 50.7 Å². The molecule has 1 N–H and O–H groups in total. The second kappa shape index (κ2) is 5.14. The van der Waals surface area contributed by atoms with Gasteiger partial charge in [-0.3, -0.25) is 4.90 Å². The van der Waals surface area contributed by atoms with Crippen molar-refractivity contribution < 1.29 is 4.42 Å². The summed E-state index contributed by atoms with van der Waals surface area (Å²) in [5, 5.41) is 11.5. The van der Waals surface area contributed by atoms with Crippen molar-refractivity contribution >= 4 is 0 Å². The van der Waals surface area contributed by atoms with Crippen LogP contribution < -0.4 is 5.32 Å². The van der Waals surface area contributed by atoms with E-state index in [1.807, 2.05) is 14.0 Å². The summed E-state index contributed by atoms with van der Waals surface area (Å²) >= 11 is 0. The first-order valence-electron chi connectivity index (χ1n) is 6.38. The van der Waals surface area contributed by atoms with Crippen LogP contribution in [0.5, 0.6) is 0 Å². The van der Waals surface area contributed by atoms with Crippen LogP contribution >= 0.6 is 0 Å². The van der Waals surface area contributed by atoms with E-state index in [9.17, 15) is 0 Å². The van der Waals surface area contributed by atoms with Gasteiger partial charge in [0.25, 0.3) is 0 Å². The molecule has 17 heavy (non-hydrogen) atoms. The summed E-state index contributed by atoms with van der Waals surface area (Å²) in [6, 6.07) is 0. The Kier molecular flexibility index (Phi) is 3.79. The molecule has 0 atom stereocenters. The Morgan fingerprint density at radius 1 is 1.29 bits per heavy atom. The lowest BCUT2D eigenvalue weighted by Crippen LogP contribution is -2.49. The number of hydrogen-bond acceptors (Lipinski definition) is 5. The molecule has 0 radical (unpaired) electrons. The van der Waals surface area contributed by atoms with Crippen LogP contribution in [0.1, 0.15) is 38.5 Å². The molecule has 5 nitrogen and oxygen atoms in total. The smallest absolute Gasteiger partial charge is 0.230 e. The van der Waals surface area contributed by atoms with E-state index in [-0.39, 0.29) is 0 Å². The SMILES string of the molecule is CCc1nnc(CN2CCC(C)(NC)CC2)o1. The van der Waals surface area contributed by atoms with E-state index >= 15 is 0 Å². The van der Waals surface area contributed by atoms with Crippen molar-refractivity contribution in [2.75, 3.05) is 20.1 Å². The third-order valence-electron chi connectivity index (χ3n) is 3.73. The number of nitrogens with zero attached hydrogens (tertiary/aromatic N) is 3. The van der Waals surface area contributed by atoms with Gasteiger partial charge in [0.05, 0.1) is 6.54 Å². The quantitative estimate of drug-likeness (QED) is 0.854. The Labute approximate surface area is 103 Å². The molecule has 2 rings (SSSR count). The number of nitrogens with one attached hydrogen (secondary N) is 1. The molecule has 1 fully saturated rings. The van der Waals surface area contributed by atoms with Gasteiger partial charge in [0, 0.05) is 25.0 Å². The maximum atomic E-state index is 5.53. The van der Waals surface area contributed by atoms with Crippen LogP contribution in [-0.2, 0) is 13.0 Å². The first kappa shape index (κ1) is 12.5. The minimum absolute atomic E-state index is 0.292. The minimum atomic E-state index is 0.292. The number of aromatic nitrogens is 2. The van der Waals surface area contributed by atoms with Crippen molar-refractivity contribution in [2.45, 2.75) is 45.2 Å². The standard InChI is InChI=1S/C12H22N4O/c1-4-10-14-15-11(17-10)9-16-7-5-12(2,13-3)6-8-16/h13H,4-9H2,1-3H3. The molecule has 0 aromatic carbocycles. The van der Waals surface area contributed by atoms with Gasteiger partial charge in [0.2, 0.25) is 11.8 Å². The Hall–Kier alpha value is -0.940. The van der Waals surface area contributed by atoms with E-state index < -0.39 is 0 Å². The fraction of sp³-hybridized carbons (Fsp3) is 0.833. The van der Waals surface area contributed by atoms with E-state index in [0.29, 0.717) is 5.54 Å². The van der Waals surface area contributed by atoms with Crippen LogP contribution in [0.4, 0.5) is 0 Å². The van der Waals surface area contributed by atoms with Crippen LogP contribution in [0.15, 0.2) is 4.42 Å². The molecule has 1 aliphatic rings. The zero-order valence-electron chi connectivity index (χ0n) is 11.0. The van der Waals surface area contributed by atoms with Crippen molar-refractivity contribution in [3.05, 3.63) is 11.8 Å². The zero-order chi connectivity index (χ0) is 12.3. The molecule has 0 amide bonds. The van der Waals surface area contributed by atoms with E-state index in [1.54, 1.807) is 0 Å². The molecule has 5 heteroatoms. The third-order valence-corrected chi connectivity index (χ3v) is 3.73. The lowest BCUT2D eigenvalue weighted by molar-refractivity contribution is 0.136. The normalized spacial score (nSPS) is 20.6. The summed E-state index contributed by atoms with van der Waals surface area (Å²) in [4.78, 5) is 2.38. The van der Waals surface area contributed by atoms with E-state index in [2.05, 4.69) is 27.3 Å². The number of rotatable bonds is 4. The second-order valence-electron chi connectivity index (χ2n) is 5.03. The lowest BCUT2D eigenvalue weighted by Gasteiger charge is -2.38. The highest BCUT2D eigenvalue weighted by Crippen LogP contribution is 2.22. The summed E-state index contributed by atoms with van der Waals surface area (Å²) in [5.74, 6) is 1.48. The highest BCUT2D eigenvalue weighted by Gasteiger charge is 2.28. The van der Waals surface area contributed by atoms with Gasteiger partial charge in [0.15, 0.2) is 0 Å². The van der Waals surface area contributed by atoms with Crippen molar-refractivity contribution in [3.63, 3.8) is 0 Å². The molecule has 1 aromatic rings. The topological polar surface area (TPSA) is 54.2 Å². The average molecular weight is 238 g/mol. The third kappa shape index (κ3) is 3.04. The Bertz CT molecular complexity index is 355. The maximum absolute atomic E-state index is 5.53. The molecule has 0 unspecified atom stereocenters. The molecular weight excluding hydrogens is 216 g/mol. The van der Waals surface area contributed by atoms with Crippen LogP contribution in [0.25, 0.3) is 0 Å². The molecule has 0 aliphatic carbocycles. The van der Waals surface area contributed by atoms with Crippen LogP contribution in [0.3, 0.4) is 0 Å². The Balaban J connectivity index is 1.85. The highest BCUT2D eigenvalue weighted by atomic mass is 16.4. The molecule has 0 spiro atoms. The summed E-state index contributed by atoms with van der Waals surface area (Å²) in [7, 11) is 2.04. The first-order chi connectivity index (χ1) is 8.15. The van der Waals surface area contributed by atoms with Gasteiger partial charge in [-0.1, -0.05) is 6.92 Å². The Morgan fingerprint density at radius 3 is 2.47 bits per heavy atom. The second-order valence-corrected chi connectivity index (χ2v) is 5.03. The molecule has 0 saturated carbocycles. The molecule has 0 bridgehead atoms. The van der Waals surface area contributed by atoms with Gasteiger partial charge in [-0.15, -0.1) is 10.2 Å². The van der Waals surface area contributed by atoms with Crippen LogP contribution in [0.2, 0.25) is 0 Å². The number of piperidine rings is 1. The molecule has 1 aromatic heterocycles. The van der Waals surface area contributed by atoms with Gasteiger partial charge in [0.1, 0.15) is 0 Å². The minimum Gasteiger partial charge on any atom is -0.424 e. The lowest BCUT2D eigenvalue weighted by atomic mass is 9.90. The van der Waals surface area contributed by atoms with Crippen molar-refractivity contribution in [1.29, 1.82) is 0 Å². The molecular formula is C12H22N4O. The van der Waals surface area contributed by atoms with Crippen molar-refractivity contribution in [1.82, 2.24) is 20.4 Å². The van der Waals surface area contributed by atoms with E-state index in [4.69, 9.17) is 4.42 Å². The molecule has 1 aliphatic heterocycles. The van der Waals surface area contributed by atoms with Gasteiger partial charge < -0.3 is 9.73 Å². The monoisotopic (exact) mass is 238 g/mol. The predicted octanol–water partition coefficient (Wildman–Crippen LogP) is 1.21. The molecule has 96 valence electrons. The number of likely N-dealkylation sites (tertiary alicyclic amines) is 1. The maximum Gasteiger partial charge on any atom is 0.230 e. The average Bonchev–Trinajstić information content (AvgIpc) is 2.80. The molecule has 2 heterocycles. The van der Waals surface area contributed by atoms with Gasteiger partial charge in [-0.05, 0) is 26.8 Å². The highest BCUT2D eigenvalue weighted by molar-refractivity contribution is 4.90. The Morgan fingerprint density at radius 2 is 1.94 bits per heavy atom. The van der Waals surface area contributed by atoms with Gasteiger partial charge >= 0.3 is 0 Å². The summed E-state index contributed by atoms with van der Waals surface area (Å²) in [5.41, 5.74) is 0.292. The largest absolute Gasteiger partial charge is 0.424 e. The zero-order valence-corrected chi connectivity index (χ0v) is 11.0. The van der Waals surface area contributed by atoms with Crippen molar-refractivity contribution in [2.24, 2.45) is 0 Å². The van der Waals surface area contributed by atoms with Gasteiger partial charge in [-0.25, -0.2) is 0 Å². The summed E-state index contributed by atoms with van der Waals surface area (Å²) in [6.07, 6.45) is 3.14. The van der Waals surface area contributed by atoms with Crippen LogP contribution in [-0.4, -0.2) is 40.8 Å². The molecule has 1 saturated heterocycles. The summed E-state index contributed by atoms with van der Waals surface area (Å²) < 4.78 is 5.53. The predicted molar refractivity (Wildman–Crippen MR) is 65.7 cm³/mol. The fourth-order valence-electron chi connectivity index (χ4n) is 2.14. The fourth-order valence-corrected chi connectivity index (χ4v) is 2.14. The summed E-state index contributed by atoms with van der Waals surface area (Å²) in [6.45, 7) is 7.26. The number of hydrogen-bond donors (Lipinski definition) is 1.